The highest BCUT2D eigenvalue weighted by molar-refractivity contribution is 6.36. The molecule has 0 aliphatic heterocycles. The van der Waals surface area contributed by atoms with Crippen LogP contribution in [0.1, 0.15) is 28.4 Å². The van der Waals surface area contributed by atoms with Crippen molar-refractivity contribution in [1.29, 1.82) is 0 Å². The van der Waals surface area contributed by atoms with Crippen LogP contribution < -0.4 is 4.74 Å². The number of aryl methyl sites for hydroxylation is 2. The van der Waals surface area contributed by atoms with Gasteiger partial charge in [0.15, 0.2) is 0 Å². The highest BCUT2D eigenvalue weighted by Gasteiger charge is 2.19. The molecule has 106 valence electrons. The molecule has 1 unspecified atom stereocenters. The van der Waals surface area contributed by atoms with Crippen LogP contribution in [0.3, 0.4) is 0 Å². The first kappa shape index (κ1) is 15.2. The summed E-state index contributed by atoms with van der Waals surface area (Å²) in [7, 11) is 1.64. The van der Waals surface area contributed by atoms with Gasteiger partial charge < -0.3 is 9.84 Å². The van der Waals surface area contributed by atoms with Gasteiger partial charge in [-0.05, 0) is 54.8 Å². The van der Waals surface area contributed by atoms with Gasteiger partial charge in [0.2, 0.25) is 0 Å². The summed E-state index contributed by atoms with van der Waals surface area (Å²) in [5, 5.41) is 11.5. The zero-order valence-electron chi connectivity index (χ0n) is 11.6. The minimum atomic E-state index is -0.862. The van der Waals surface area contributed by atoms with Crippen molar-refractivity contribution in [3.05, 3.63) is 62.6 Å². The summed E-state index contributed by atoms with van der Waals surface area (Å²) < 4.78 is 5.33. The number of hydrogen-bond acceptors (Lipinski definition) is 2. The average Bonchev–Trinajstić information content (AvgIpc) is 2.37. The van der Waals surface area contributed by atoms with Crippen molar-refractivity contribution in [3.8, 4) is 5.75 Å². The summed E-state index contributed by atoms with van der Waals surface area (Å²) in [6.07, 6.45) is -0.862. The van der Waals surface area contributed by atoms with E-state index in [1.807, 2.05) is 26.0 Å². The van der Waals surface area contributed by atoms with Crippen LogP contribution in [0.2, 0.25) is 10.0 Å². The molecule has 0 heterocycles. The zero-order valence-corrected chi connectivity index (χ0v) is 13.1. The number of hydrogen-bond donors (Lipinski definition) is 1. The molecule has 0 saturated heterocycles. The van der Waals surface area contributed by atoms with Crippen LogP contribution >= 0.6 is 23.2 Å². The second-order valence-electron chi connectivity index (χ2n) is 4.73. The lowest BCUT2D eigenvalue weighted by Crippen LogP contribution is -2.03. The van der Waals surface area contributed by atoms with Crippen LogP contribution in [0.25, 0.3) is 0 Å². The van der Waals surface area contributed by atoms with E-state index >= 15 is 0 Å². The molecule has 0 amide bonds. The second kappa shape index (κ2) is 6.04. The van der Waals surface area contributed by atoms with E-state index in [9.17, 15) is 5.11 Å². The Labute approximate surface area is 128 Å². The number of benzene rings is 2. The number of aliphatic hydroxyl groups excluding tert-OH is 1. The van der Waals surface area contributed by atoms with Crippen molar-refractivity contribution in [2.75, 3.05) is 7.11 Å². The van der Waals surface area contributed by atoms with E-state index < -0.39 is 6.10 Å². The summed E-state index contributed by atoms with van der Waals surface area (Å²) in [4.78, 5) is 0. The van der Waals surface area contributed by atoms with Gasteiger partial charge in [0.25, 0.3) is 0 Å². The van der Waals surface area contributed by atoms with E-state index in [0.717, 1.165) is 22.4 Å². The van der Waals surface area contributed by atoms with E-state index in [1.54, 1.807) is 25.3 Å². The SMILES string of the molecule is COc1c(C)cc(C(O)c2c(Cl)cccc2Cl)cc1C. The number of rotatable bonds is 3. The van der Waals surface area contributed by atoms with Gasteiger partial charge in [-0.3, -0.25) is 0 Å². The third-order valence-electron chi connectivity index (χ3n) is 3.28. The number of halogens is 2. The quantitative estimate of drug-likeness (QED) is 0.890. The molecule has 0 saturated carbocycles. The zero-order chi connectivity index (χ0) is 14.9. The molecule has 1 N–H and O–H groups in total. The number of ether oxygens (including phenoxy) is 1. The monoisotopic (exact) mass is 310 g/mol. The Balaban J connectivity index is 2.52. The number of methoxy groups -OCH3 is 1. The second-order valence-corrected chi connectivity index (χ2v) is 5.54. The predicted octanol–water partition coefficient (Wildman–Crippen LogP) is 4.70. The van der Waals surface area contributed by atoms with Gasteiger partial charge >= 0.3 is 0 Å². The van der Waals surface area contributed by atoms with E-state index in [-0.39, 0.29) is 0 Å². The third-order valence-corrected chi connectivity index (χ3v) is 3.93. The first-order valence-corrected chi connectivity index (χ1v) is 6.98. The van der Waals surface area contributed by atoms with Crippen LogP contribution in [0.4, 0.5) is 0 Å². The molecule has 0 bridgehead atoms. The van der Waals surface area contributed by atoms with Crippen LogP contribution in [0, 0.1) is 13.8 Å². The molecule has 0 aliphatic carbocycles. The Morgan fingerprint density at radius 3 is 2.00 bits per heavy atom. The van der Waals surface area contributed by atoms with Gasteiger partial charge in [0, 0.05) is 15.6 Å². The molecule has 0 radical (unpaired) electrons. The van der Waals surface area contributed by atoms with Crippen LogP contribution in [0.15, 0.2) is 30.3 Å². The molecule has 0 aromatic heterocycles. The summed E-state index contributed by atoms with van der Waals surface area (Å²) in [5.41, 5.74) is 3.20. The van der Waals surface area contributed by atoms with Crippen molar-refractivity contribution >= 4 is 23.2 Å². The minimum absolute atomic E-state index is 0.455. The van der Waals surface area contributed by atoms with Gasteiger partial charge in [0.1, 0.15) is 11.9 Å². The molecule has 1 atom stereocenters. The maximum absolute atomic E-state index is 10.6. The topological polar surface area (TPSA) is 29.5 Å². The molecule has 2 aromatic rings. The standard InChI is InChI=1S/C16H16Cl2O2/c1-9-7-11(8-10(2)16(9)20-3)15(19)14-12(17)5-4-6-13(14)18/h4-8,15,19H,1-3H3. The molecule has 0 aliphatic rings. The fourth-order valence-corrected chi connectivity index (χ4v) is 3.01. The van der Waals surface area contributed by atoms with Crippen LogP contribution in [-0.2, 0) is 0 Å². The van der Waals surface area contributed by atoms with Crippen molar-refractivity contribution < 1.29 is 9.84 Å². The average molecular weight is 311 g/mol. The molecular formula is C16H16Cl2O2. The molecule has 2 nitrogen and oxygen atoms in total. The lowest BCUT2D eigenvalue weighted by Gasteiger charge is -2.18. The lowest BCUT2D eigenvalue weighted by molar-refractivity contribution is 0.220. The molecule has 4 heteroatoms. The molecular weight excluding hydrogens is 295 g/mol. The van der Waals surface area contributed by atoms with Crippen molar-refractivity contribution in [1.82, 2.24) is 0 Å². The van der Waals surface area contributed by atoms with E-state index in [2.05, 4.69) is 0 Å². The van der Waals surface area contributed by atoms with Crippen LogP contribution in [-0.4, -0.2) is 12.2 Å². The fraction of sp³-hybridized carbons (Fsp3) is 0.250. The first-order valence-electron chi connectivity index (χ1n) is 6.22. The Kier molecular flexibility index (Phi) is 4.59. The molecule has 20 heavy (non-hydrogen) atoms. The van der Waals surface area contributed by atoms with Crippen molar-refractivity contribution in [3.63, 3.8) is 0 Å². The van der Waals surface area contributed by atoms with Gasteiger partial charge in [-0.1, -0.05) is 29.3 Å². The van der Waals surface area contributed by atoms with E-state index in [1.165, 1.54) is 0 Å². The largest absolute Gasteiger partial charge is 0.496 e. The van der Waals surface area contributed by atoms with E-state index in [0.29, 0.717) is 15.6 Å². The predicted molar refractivity (Wildman–Crippen MR) is 83.0 cm³/mol. The summed E-state index contributed by atoms with van der Waals surface area (Å²) in [6.45, 7) is 3.88. The summed E-state index contributed by atoms with van der Waals surface area (Å²) in [6, 6.07) is 8.96. The van der Waals surface area contributed by atoms with Crippen LogP contribution in [0.5, 0.6) is 5.75 Å². The summed E-state index contributed by atoms with van der Waals surface area (Å²) in [5.74, 6) is 0.825. The molecule has 2 rings (SSSR count). The summed E-state index contributed by atoms with van der Waals surface area (Å²) >= 11 is 12.3. The fourth-order valence-electron chi connectivity index (χ4n) is 2.40. The maximum atomic E-state index is 10.6. The van der Waals surface area contributed by atoms with Crippen molar-refractivity contribution in [2.24, 2.45) is 0 Å². The van der Waals surface area contributed by atoms with Gasteiger partial charge in [-0.15, -0.1) is 0 Å². The lowest BCUT2D eigenvalue weighted by atomic mass is 9.97. The smallest absolute Gasteiger partial charge is 0.124 e. The molecule has 2 aromatic carbocycles. The highest BCUT2D eigenvalue weighted by Crippen LogP contribution is 2.36. The van der Waals surface area contributed by atoms with E-state index in [4.69, 9.17) is 27.9 Å². The normalized spacial score (nSPS) is 12.3. The highest BCUT2D eigenvalue weighted by atomic mass is 35.5. The molecule has 0 fully saturated rings. The Morgan fingerprint density at radius 2 is 1.55 bits per heavy atom. The number of aliphatic hydroxyl groups is 1. The van der Waals surface area contributed by atoms with Gasteiger partial charge in [-0.25, -0.2) is 0 Å². The minimum Gasteiger partial charge on any atom is -0.496 e. The Morgan fingerprint density at radius 1 is 1.05 bits per heavy atom. The van der Waals surface area contributed by atoms with Gasteiger partial charge in [0.05, 0.1) is 7.11 Å². The van der Waals surface area contributed by atoms with Gasteiger partial charge in [-0.2, -0.15) is 0 Å². The Hall–Kier alpha value is -1.22. The maximum Gasteiger partial charge on any atom is 0.124 e. The molecule has 0 spiro atoms. The van der Waals surface area contributed by atoms with Crippen molar-refractivity contribution in [2.45, 2.75) is 20.0 Å². The third kappa shape index (κ3) is 2.78. The first-order chi connectivity index (χ1) is 9.45. The Bertz CT molecular complexity index is 595.